The molecule has 8 N–H and O–H groups in total. The molecule has 2 fully saturated rings. The first-order chi connectivity index (χ1) is 33.1. The van der Waals surface area contributed by atoms with Gasteiger partial charge >= 0.3 is 0 Å². The van der Waals surface area contributed by atoms with Crippen LogP contribution in [0.2, 0.25) is 0 Å². The quantitative estimate of drug-likeness (QED) is 0.0392. The fourth-order valence-corrected chi connectivity index (χ4v) is 9.21. The van der Waals surface area contributed by atoms with Gasteiger partial charge in [0.2, 0.25) is 35.7 Å². The maximum Gasteiger partial charge on any atom is 0.295 e. The van der Waals surface area contributed by atoms with Gasteiger partial charge < -0.3 is 40.5 Å². The molecule has 74 heavy (non-hydrogen) atoms. The van der Waals surface area contributed by atoms with Crippen LogP contribution in [0, 0.1) is 0 Å². The zero-order chi connectivity index (χ0) is 49.8. The molecule has 26 nitrogen and oxygen atoms in total. The molecule has 4 heterocycles. The minimum atomic E-state index is -4.95. The first kappa shape index (κ1) is 63.5. The molecule has 2 aliphatic rings. The van der Waals surface area contributed by atoms with Crippen LogP contribution < -0.4 is 31.1 Å². The van der Waals surface area contributed by atoms with Crippen LogP contribution >= 0.6 is 0 Å². The molecule has 0 atom stereocenters. The van der Waals surface area contributed by atoms with E-state index in [2.05, 4.69) is 51.2 Å². The summed E-state index contributed by atoms with van der Waals surface area (Å²) in [6, 6.07) is 17.8. The first-order valence-corrected chi connectivity index (χ1v) is 26.2. The van der Waals surface area contributed by atoms with Crippen molar-refractivity contribution >= 4 is 229 Å². The van der Waals surface area contributed by atoms with Crippen molar-refractivity contribution in [3.63, 3.8) is 0 Å². The number of ether oxygens (including phenoxy) is 2. The van der Waals surface area contributed by atoms with Gasteiger partial charge in [-0.3, -0.25) is 18.2 Å². The van der Waals surface area contributed by atoms with Gasteiger partial charge in [-0.1, -0.05) is 24.3 Å². The average Bonchev–Trinajstić information content (AvgIpc) is 3.31. The van der Waals surface area contributed by atoms with Gasteiger partial charge in [-0.05, 0) is 83.9 Å². The second-order valence-corrected chi connectivity index (χ2v) is 20.7. The van der Waals surface area contributed by atoms with Crippen LogP contribution in [0.3, 0.4) is 0 Å². The summed E-state index contributed by atoms with van der Waals surface area (Å²) in [6.07, 6.45) is 2.42. The van der Waals surface area contributed by atoms with E-state index in [0.717, 1.165) is 12.1 Å². The SMILES string of the molecule is O=S(=O)(O)c1ccc(Nc2nc(Nc3ccc(C=Cc4ccc(Nc5nc(Nc6ccc(S(=O)(=O)O)cc6)nc(N6CCOCC6)n5)cc4S(=O)(=O)O)c(S(=O)(=O)O)c3)nc(N3CCOCC3)n2)cc1.[Na].[Na].[Na].[Na]. The number of morpholine rings is 2. The first-order valence-electron chi connectivity index (χ1n) is 20.5. The van der Waals surface area contributed by atoms with E-state index in [9.17, 15) is 51.9 Å². The number of hydrogen-bond acceptors (Lipinski definition) is 22. The van der Waals surface area contributed by atoms with Gasteiger partial charge in [0.05, 0.1) is 36.2 Å². The maximum atomic E-state index is 12.8. The van der Waals surface area contributed by atoms with Crippen molar-refractivity contribution < 1.29 is 61.4 Å². The molecule has 34 heteroatoms. The summed E-state index contributed by atoms with van der Waals surface area (Å²) in [5.41, 5.74) is 0.688. The summed E-state index contributed by atoms with van der Waals surface area (Å²) in [4.78, 5) is 28.4. The van der Waals surface area contributed by atoms with E-state index >= 15 is 0 Å². The van der Waals surface area contributed by atoms with Crippen molar-refractivity contribution in [1.29, 1.82) is 0 Å². The van der Waals surface area contributed by atoms with Gasteiger partial charge in [0, 0.05) is 167 Å². The Morgan fingerprint density at radius 3 is 0.973 bits per heavy atom. The largest absolute Gasteiger partial charge is 0.378 e. The Balaban J connectivity index is 0.00000296. The second kappa shape index (κ2) is 27.0. The predicted octanol–water partition coefficient (Wildman–Crippen LogP) is 2.34. The van der Waals surface area contributed by atoms with Gasteiger partial charge in [0.25, 0.3) is 40.5 Å². The van der Waals surface area contributed by atoms with Gasteiger partial charge in [0.15, 0.2) is 0 Å². The zero-order valence-electron chi connectivity index (χ0n) is 40.0. The van der Waals surface area contributed by atoms with E-state index in [-0.39, 0.29) is 186 Å². The molecule has 0 unspecified atom stereocenters. The van der Waals surface area contributed by atoms with E-state index in [0.29, 0.717) is 64.0 Å². The Hall–Kier alpha value is -3.00. The minimum Gasteiger partial charge on any atom is -0.378 e. The van der Waals surface area contributed by atoms with Crippen molar-refractivity contribution in [2.75, 3.05) is 83.7 Å². The Morgan fingerprint density at radius 1 is 0.405 bits per heavy atom. The molecule has 8 rings (SSSR count). The van der Waals surface area contributed by atoms with Gasteiger partial charge in [0.1, 0.15) is 9.79 Å². The third kappa shape index (κ3) is 17.2. The standard InChI is InChI=1S/C40H40N12O14S4.4Na/c53-67(54,55)31-11-7-27(8-12-31)41-35-45-37(49-39(47-35)51-15-19-65-20-16-51)43-29-5-3-25(33(23-29)69(59,60)61)1-2-26-4-6-30(24-34(26)70(62,63)64)44-38-46-36(48-40(50-38)52-17-21-66-22-18-52)42-28-9-13-32(14-10-28)68(56,57)58;;;;/h1-14,23-24H,15-22H2,(H,53,54,55)(H,56,57,58)(H,59,60,61)(H,62,63,64)(H2,41,43,45,47,49)(H2,42,44,46,48,50);;;;. The average molecular weight is 1130 g/mol. The normalized spacial score (nSPS) is 14.1. The number of nitrogens with zero attached hydrogens (tertiary/aromatic N) is 8. The molecule has 0 amide bonds. The van der Waals surface area contributed by atoms with Crippen LogP contribution in [0.5, 0.6) is 0 Å². The van der Waals surface area contributed by atoms with Crippen LogP contribution in [0.25, 0.3) is 12.2 Å². The van der Waals surface area contributed by atoms with Crippen molar-refractivity contribution in [2.24, 2.45) is 0 Å². The third-order valence-electron chi connectivity index (χ3n) is 10.2. The monoisotopic (exact) mass is 1130 g/mol. The van der Waals surface area contributed by atoms with Crippen LogP contribution in [-0.2, 0) is 49.9 Å². The number of benzene rings is 4. The summed E-state index contributed by atoms with van der Waals surface area (Å²) in [5.74, 6) is 0.280. The van der Waals surface area contributed by atoms with Crippen molar-refractivity contribution in [3.05, 3.63) is 96.1 Å². The molecule has 6 aromatic rings. The topological polar surface area (TPSA) is 368 Å². The van der Waals surface area contributed by atoms with Crippen molar-refractivity contribution in [1.82, 2.24) is 29.9 Å². The van der Waals surface area contributed by atoms with E-state index in [1.807, 2.05) is 9.80 Å². The Kier molecular flexibility index (Phi) is 23.2. The molecule has 2 aliphatic heterocycles. The van der Waals surface area contributed by atoms with E-state index in [1.165, 1.54) is 84.9 Å². The third-order valence-corrected chi connectivity index (χ3v) is 13.7. The Bertz CT molecular complexity index is 3210. The van der Waals surface area contributed by atoms with Crippen molar-refractivity contribution in [3.8, 4) is 0 Å². The van der Waals surface area contributed by atoms with E-state index < -0.39 is 50.3 Å². The molecule has 0 aliphatic carbocycles. The number of nitrogens with one attached hydrogen (secondary N) is 4. The van der Waals surface area contributed by atoms with Gasteiger partial charge in [-0.2, -0.15) is 63.6 Å². The van der Waals surface area contributed by atoms with Crippen LogP contribution in [0.1, 0.15) is 11.1 Å². The number of hydrogen-bond donors (Lipinski definition) is 8. The second-order valence-electron chi connectivity index (χ2n) is 15.1. The molecule has 0 spiro atoms. The Morgan fingerprint density at radius 2 is 0.689 bits per heavy atom. The Labute approximate surface area is 513 Å². The van der Waals surface area contributed by atoms with Crippen LogP contribution in [-0.4, -0.2) is 253 Å². The van der Waals surface area contributed by atoms with Gasteiger partial charge in [-0.25, -0.2) is 0 Å². The van der Waals surface area contributed by atoms with Gasteiger partial charge in [-0.15, -0.1) is 0 Å². The minimum absolute atomic E-state index is 0. The van der Waals surface area contributed by atoms with E-state index in [4.69, 9.17) is 9.47 Å². The molecule has 4 aromatic carbocycles. The molecule has 372 valence electrons. The van der Waals surface area contributed by atoms with Crippen LogP contribution in [0.4, 0.5) is 58.4 Å². The molecular formula is C40H40N12Na4O14S4. The summed E-state index contributed by atoms with van der Waals surface area (Å²) in [6.45, 7) is 3.24. The van der Waals surface area contributed by atoms with Crippen LogP contribution in [0.15, 0.2) is 105 Å². The number of aromatic nitrogens is 6. The summed E-state index contributed by atoms with van der Waals surface area (Å²) in [7, 11) is -18.8. The smallest absolute Gasteiger partial charge is 0.295 e. The molecule has 0 saturated carbocycles. The number of rotatable bonds is 16. The van der Waals surface area contributed by atoms with Crippen molar-refractivity contribution in [2.45, 2.75) is 19.6 Å². The molecule has 2 saturated heterocycles. The molecule has 2 aromatic heterocycles. The summed E-state index contributed by atoms with van der Waals surface area (Å²) in [5, 5.41) is 11.7. The fourth-order valence-electron chi connectivity index (χ4n) is 6.83. The number of anilines is 10. The summed E-state index contributed by atoms with van der Waals surface area (Å²) >= 11 is 0. The van der Waals surface area contributed by atoms with E-state index in [1.54, 1.807) is 0 Å². The molecule has 0 bridgehead atoms. The molecule has 4 radical (unpaired) electrons. The maximum absolute atomic E-state index is 12.8. The predicted molar refractivity (Wildman–Crippen MR) is 276 cm³/mol. The molecular weight excluding hydrogens is 1090 g/mol. The zero-order valence-corrected chi connectivity index (χ0v) is 51.2. The summed E-state index contributed by atoms with van der Waals surface area (Å²) < 4.78 is 148. The fraction of sp³-hybridized carbons (Fsp3) is 0.200.